The predicted octanol–water partition coefficient (Wildman–Crippen LogP) is 1.85. The van der Waals surface area contributed by atoms with Gasteiger partial charge in [0.2, 0.25) is 5.91 Å². The third-order valence-corrected chi connectivity index (χ3v) is 6.25. The van der Waals surface area contributed by atoms with Crippen LogP contribution in [0.2, 0.25) is 0 Å². The molecule has 2 saturated heterocycles. The van der Waals surface area contributed by atoms with Gasteiger partial charge in [-0.3, -0.25) is 14.5 Å². The van der Waals surface area contributed by atoms with E-state index in [1.165, 1.54) is 0 Å². The molecule has 2 aliphatic rings. The van der Waals surface area contributed by atoms with Gasteiger partial charge in [0.25, 0.3) is 5.91 Å². The van der Waals surface area contributed by atoms with Crippen LogP contribution in [0.25, 0.3) is 0 Å². The maximum absolute atomic E-state index is 12.9. The van der Waals surface area contributed by atoms with Crippen LogP contribution in [0.15, 0.2) is 12.3 Å². The number of rotatable bonds is 5. The number of carbonyl (C=O) groups excluding carboxylic acids is 2. The molecule has 2 aliphatic heterocycles. The monoisotopic (exact) mass is 404 g/mol. The van der Waals surface area contributed by atoms with Crippen molar-refractivity contribution in [3.05, 3.63) is 23.5 Å². The van der Waals surface area contributed by atoms with Gasteiger partial charge < -0.3 is 19.9 Å². The van der Waals surface area contributed by atoms with Crippen molar-refractivity contribution in [2.45, 2.75) is 64.6 Å². The first-order chi connectivity index (χ1) is 13.8. The Morgan fingerprint density at radius 1 is 1.14 bits per heavy atom. The van der Waals surface area contributed by atoms with E-state index in [0.717, 1.165) is 63.2 Å². The molecule has 0 aromatic carbocycles. The normalized spacial score (nSPS) is 24.3. The first-order valence-corrected chi connectivity index (χ1v) is 10.9. The Kier molecular flexibility index (Phi) is 7.35. The zero-order chi connectivity index (χ0) is 21.0. The summed E-state index contributed by atoms with van der Waals surface area (Å²) < 4.78 is 7.50. The molecule has 3 heterocycles. The fraction of sp³-hybridized carbons (Fsp3) is 0.727. The lowest BCUT2D eigenvalue weighted by Gasteiger charge is -2.36. The average molecular weight is 405 g/mol. The molecule has 3 rings (SSSR count). The zero-order valence-corrected chi connectivity index (χ0v) is 18.2. The average Bonchev–Trinajstić information content (AvgIpc) is 2.90. The quantitative estimate of drug-likeness (QED) is 0.785. The van der Waals surface area contributed by atoms with E-state index in [1.54, 1.807) is 0 Å². The number of carbonyl (C=O) groups is 2. The topological polar surface area (TPSA) is 75.6 Å². The van der Waals surface area contributed by atoms with E-state index in [4.69, 9.17) is 4.74 Å². The summed E-state index contributed by atoms with van der Waals surface area (Å²) in [7, 11) is 1.95. The lowest BCUT2D eigenvalue weighted by Crippen LogP contribution is -2.49. The summed E-state index contributed by atoms with van der Waals surface area (Å²) in [6.07, 6.45) is 5.48. The summed E-state index contributed by atoms with van der Waals surface area (Å²) in [5.41, 5.74) is 1.69. The molecule has 0 unspecified atom stereocenters. The highest BCUT2D eigenvalue weighted by Gasteiger charge is 2.33. The summed E-state index contributed by atoms with van der Waals surface area (Å²) in [6, 6.07) is 2.46. The molecule has 2 atom stereocenters. The van der Waals surface area contributed by atoms with Crippen LogP contribution >= 0.6 is 0 Å². The lowest BCUT2D eigenvalue weighted by molar-refractivity contribution is -0.126. The SMILES string of the molecule is Cc1c(C(=O)N[C@H]2CC[C@@H](C(=O)NC(C)C)CN(C3CCOCC3)C2)ccn1C. The highest BCUT2D eigenvalue weighted by Crippen LogP contribution is 2.24. The molecule has 2 amide bonds. The van der Waals surface area contributed by atoms with Crippen LogP contribution in [0, 0.1) is 12.8 Å². The van der Waals surface area contributed by atoms with Gasteiger partial charge in [0.15, 0.2) is 0 Å². The molecule has 1 aromatic heterocycles. The molecule has 0 aliphatic carbocycles. The number of amides is 2. The maximum Gasteiger partial charge on any atom is 0.253 e. The van der Waals surface area contributed by atoms with Crippen molar-refractivity contribution in [3.63, 3.8) is 0 Å². The van der Waals surface area contributed by atoms with Crippen LogP contribution in [0.3, 0.4) is 0 Å². The molecule has 1 aromatic rings. The van der Waals surface area contributed by atoms with Crippen LogP contribution in [-0.4, -0.2) is 65.7 Å². The van der Waals surface area contributed by atoms with Crippen LogP contribution in [0.5, 0.6) is 0 Å². The molecule has 162 valence electrons. The fourth-order valence-electron chi connectivity index (χ4n) is 4.42. The maximum atomic E-state index is 12.9. The number of aromatic nitrogens is 1. The highest BCUT2D eigenvalue weighted by atomic mass is 16.5. The van der Waals surface area contributed by atoms with Crippen LogP contribution in [0.1, 0.15) is 55.6 Å². The van der Waals surface area contributed by atoms with Gasteiger partial charge in [-0.2, -0.15) is 0 Å². The Bertz CT molecular complexity index is 709. The first-order valence-electron chi connectivity index (χ1n) is 10.9. The minimum absolute atomic E-state index is 0.0230. The summed E-state index contributed by atoms with van der Waals surface area (Å²) in [5, 5.41) is 6.32. The summed E-state index contributed by atoms with van der Waals surface area (Å²) >= 11 is 0. The number of nitrogens with one attached hydrogen (secondary N) is 2. The van der Waals surface area contributed by atoms with E-state index in [-0.39, 0.29) is 29.8 Å². The van der Waals surface area contributed by atoms with Crippen LogP contribution < -0.4 is 10.6 Å². The number of aryl methyl sites for hydroxylation is 1. The molecule has 0 bridgehead atoms. The molecule has 7 nitrogen and oxygen atoms in total. The summed E-state index contributed by atoms with van der Waals surface area (Å²) in [5.74, 6) is 0.0636. The number of likely N-dealkylation sites (tertiary alicyclic amines) is 1. The van der Waals surface area contributed by atoms with Gasteiger partial charge in [0.05, 0.1) is 11.5 Å². The van der Waals surface area contributed by atoms with E-state index >= 15 is 0 Å². The Morgan fingerprint density at radius 2 is 1.86 bits per heavy atom. The number of nitrogens with zero attached hydrogens (tertiary/aromatic N) is 2. The Hall–Kier alpha value is -1.86. The minimum Gasteiger partial charge on any atom is -0.381 e. The molecule has 29 heavy (non-hydrogen) atoms. The zero-order valence-electron chi connectivity index (χ0n) is 18.2. The van der Waals surface area contributed by atoms with E-state index in [0.29, 0.717) is 6.04 Å². The van der Waals surface area contributed by atoms with Gasteiger partial charge in [-0.15, -0.1) is 0 Å². The van der Waals surface area contributed by atoms with Gasteiger partial charge in [-0.05, 0) is 52.5 Å². The van der Waals surface area contributed by atoms with Crippen molar-refractivity contribution < 1.29 is 14.3 Å². The van der Waals surface area contributed by atoms with Gasteiger partial charge in [-0.1, -0.05) is 0 Å². The van der Waals surface area contributed by atoms with E-state index in [1.807, 2.05) is 44.6 Å². The van der Waals surface area contributed by atoms with Crippen LogP contribution in [-0.2, 0) is 16.6 Å². The van der Waals surface area contributed by atoms with Gasteiger partial charge in [0, 0.05) is 63.4 Å². The Morgan fingerprint density at radius 3 is 2.48 bits per heavy atom. The smallest absolute Gasteiger partial charge is 0.253 e. The second-order valence-electron chi connectivity index (χ2n) is 8.83. The van der Waals surface area contributed by atoms with E-state index in [2.05, 4.69) is 15.5 Å². The molecular formula is C22H36N4O3. The van der Waals surface area contributed by atoms with E-state index < -0.39 is 0 Å². The van der Waals surface area contributed by atoms with Gasteiger partial charge >= 0.3 is 0 Å². The van der Waals surface area contributed by atoms with Crippen molar-refractivity contribution in [2.75, 3.05) is 26.3 Å². The van der Waals surface area contributed by atoms with Crippen LogP contribution in [0.4, 0.5) is 0 Å². The second-order valence-corrected chi connectivity index (χ2v) is 8.83. The minimum atomic E-state index is -0.0411. The Labute approximate surface area is 174 Å². The van der Waals surface area contributed by atoms with Crippen molar-refractivity contribution in [1.29, 1.82) is 0 Å². The largest absolute Gasteiger partial charge is 0.381 e. The molecular weight excluding hydrogens is 368 g/mol. The number of ether oxygens (including phenoxy) is 1. The van der Waals surface area contributed by atoms with Crippen molar-refractivity contribution in [3.8, 4) is 0 Å². The fourth-order valence-corrected chi connectivity index (χ4v) is 4.42. The molecule has 0 saturated carbocycles. The van der Waals surface area contributed by atoms with Crippen molar-refractivity contribution in [2.24, 2.45) is 13.0 Å². The standard InChI is InChI=1S/C22H36N4O3/c1-15(2)23-21(27)17-5-6-18(14-26(13-17)19-8-11-29-12-9-19)24-22(28)20-7-10-25(4)16(20)3/h7,10,15,17-19H,5-6,8-9,11-14H2,1-4H3,(H,23,27)(H,24,28)/t17-,18+/m1/s1. The number of hydrogen-bond donors (Lipinski definition) is 2. The second kappa shape index (κ2) is 9.76. The number of hydrogen-bond acceptors (Lipinski definition) is 4. The van der Waals surface area contributed by atoms with Crippen molar-refractivity contribution >= 4 is 11.8 Å². The molecule has 0 spiro atoms. The molecule has 2 fully saturated rings. The summed E-state index contributed by atoms with van der Waals surface area (Å²) in [4.78, 5) is 28.0. The van der Waals surface area contributed by atoms with Gasteiger partial charge in [-0.25, -0.2) is 0 Å². The Balaban J connectivity index is 1.71. The molecule has 0 radical (unpaired) electrons. The third kappa shape index (κ3) is 5.60. The third-order valence-electron chi connectivity index (χ3n) is 6.25. The first kappa shape index (κ1) is 21.8. The molecule has 2 N–H and O–H groups in total. The van der Waals surface area contributed by atoms with Crippen molar-refractivity contribution in [1.82, 2.24) is 20.1 Å². The van der Waals surface area contributed by atoms with E-state index in [9.17, 15) is 9.59 Å². The lowest BCUT2D eigenvalue weighted by atomic mass is 10.00. The summed E-state index contributed by atoms with van der Waals surface area (Å²) in [6.45, 7) is 9.02. The highest BCUT2D eigenvalue weighted by molar-refractivity contribution is 5.95. The molecule has 7 heteroatoms. The predicted molar refractivity (Wildman–Crippen MR) is 113 cm³/mol. The van der Waals surface area contributed by atoms with Gasteiger partial charge in [0.1, 0.15) is 0 Å².